The predicted molar refractivity (Wildman–Crippen MR) is 95.9 cm³/mol. The number of carbonyl (C=O) groups excluding carboxylic acids is 1. The van der Waals surface area contributed by atoms with Crippen LogP contribution in [0.15, 0.2) is 18.2 Å². The van der Waals surface area contributed by atoms with E-state index in [1.54, 1.807) is 18.1 Å². The Hall–Kier alpha value is -0.880. The van der Waals surface area contributed by atoms with Gasteiger partial charge in [-0.3, -0.25) is 4.79 Å². The van der Waals surface area contributed by atoms with E-state index in [0.29, 0.717) is 31.1 Å². The van der Waals surface area contributed by atoms with Gasteiger partial charge in [-0.25, -0.2) is 4.39 Å². The van der Waals surface area contributed by atoms with Crippen molar-refractivity contribution in [3.05, 3.63) is 34.6 Å². The van der Waals surface area contributed by atoms with Crippen LogP contribution >= 0.6 is 24.0 Å². The van der Waals surface area contributed by atoms with Crippen LogP contribution < -0.4 is 5.73 Å². The number of benzene rings is 1. The predicted octanol–water partition coefficient (Wildman–Crippen LogP) is 3.39. The molecule has 0 radical (unpaired) electrons. The molecule has 0 spiro atoms. The monoisotopic (exact) mass is 378 g/mol. The standard InChI is InChI=1S/C17H24ClFN2O2.ClH/c1-23-8-7-21(11-13-5-6-14(19)10-15(13)18)17(22)9-12-3-2-4-16(12)20;/h5-6,10,12,16H,2-4,7-9,11,20H2,1H3;1H/t12-,16+;/m0./s1. The second-order valence-corrected chi connectivity index (χ2v) is 6.51. The summed E-state index contributed by atoms with van der Waals surface area (Å²) >= 11 is 6.08. The number of amides is 1. The quantitative estimate of drug-likeness (QED) is 0.790. The van der Waals surface area contributed by atoms with Gasteiger partial charge in [0.1, 0.15) is 5.82 Å². The van der Waals surface area contributed by atoms with Gasteiger partial charge in [0, 0.05) is 37.7 Å². The lowest BCUT2D eigenvalue weighted by atomic mass is 9.99. The molecule has 1 saturated carbocycles. The number of halogens is 3. The maximum Gasteiger partial charge on any atom is 0.223 e. The van der Waals surface area contributed by atoms with Crippen LogP contribution in [0.25, 0.3) is 0 Å². The minimum absolute atomic E-state index is 0. The number of nitrogens with zero attached hydrogens (tertiary/aromatic N) is 1. The molecule has 0 aromatic heterocycles. The summed E-state index contributed by atoms with van der Waals surface area (Å²) in [5.74, 6) is -0.0912. The highest BCUT2D eigenvalue weighted by Crippen LogP contribution is 2.28. The van der Waals surface area contributed by atoms with E-state index in [2.05, 4.69) is 0 Å². The normalized spacial score (nSPS) is 19.8. The number of hydrogen-bond acceptors (Lipinski definition) is 3. The van der Waals surface area contributed by atoms with Crippen LogP contribution in [0.3, 0.4) is 0 Å². The third-order valence-corrected chi connectivity index (χ3v) is 4.80. The number of methoxy groups -OCH3 is 1. The number of rotatable bonds is 7. The Morgan fingerprint density at radius 3 is 2.79 bits per heavy atom. The molecule has 7 heteroatoms. The van der Waals surface area contributed by atoms with Crippen LogP contribution in [0, 0.1) is 11.7 Å². The number of hydrogen-bond donors (Lipinski definition) is 1. The summed E-state index contributed by atoms with van der Waals surface area (Å²) in [6.07, 6.45) is 3.52. The van der Waals surface area contributed by atoms with Gasteiger partial charge in [-0.1, -0.05) is 24.1 Å². The number of nitrogens with two attached hydrogens (primary N) is 1. The van der Waals surface area contributed by atoms with Crippen molar-refractivity contribution in [3.63, 3.8) is 0 Å². The van der Waals surface area contributed by atoms with E-state index < -0.39 is 0 Å². The number of ether oxygens (including phenoxy) is 1. The Balaban J connectivity index is 0.00000288. The fourth-order valence-corrected chi connectivity index (χ4v) is 3.25. The lowest BCUT2D eigenvalue weighted by molar-refractivity contribution is -0.133. The largest absolute Gasteiger partial charge is 0.383 e. The summed E-state index contributed by atoms with van der Waals surface area (Å²) in [6, 6.07) is 4.35. The van der Waals surface area contributed by atoms with E-state index >= 15 is 0 Å². The summed E-state index contributed by atoms with van der Waals surface area (Å²) in [5, 5.41) is 0.331. The Morgan fingerprint density at radius 2 is 2.21 bits per heavy atom. The van der Waals surface area contributed by atoms with Gasteiger partial charge in [-0.2, -0.15) is 0 Å². The van der Waals surface area contributed by atoms with E-state index in [9.17, 15) is 9.18 Å². The van der Waals surface area contributed by atoms with Crippen molar-refractivity contribution in [2.24, 2.45) is 11.7 Å². The van der Waals surface area contributed by atoms with Gasteiger partial charge in [-0.05, 0) is 36.5 Å². The fraction of sp³-hybridized carbons (Fsp3) is 0.588. The molecule has 0 unspecified atom stereocenters. The van der Waals surface area contributed by atoms with Crippen molar-refractivity contribution in [2.45, 2.75) is 38.3 Å². The highest BCUT2D eigenvalue weighted by atomic mass is 35.5. The molecule has 136 valence electrons. The Kier molecular flexibility index (Phi) is 8.98. The van der Waals surface area contributed by atoms with Crippen LogP contribution in [-0.2, 0) is 16.1 Å². The molecule has 0 saturated heterocycles. The van der Waals surface area contributed by atoms with E-state index in [-0.39, 0.29) is 36.1 Å². The number of carbonyl (C=O) groups is 1. The first-order chi connectivity index (χ1) is 11.0. The molecule has 1 aliphatic carbocycles. The summed E-state index contributed by atoms with van der Waals surface area (Å²) in [6.45, 7) is 1.27. The molecule has 1 aromatic carbocycles. The third kappa shape index (κ3) is 5.88. The molecule has 1 fully saturated rings. The Morgan fingerprint density at radius 1 is 1.46 bits per heavy atom. The Bertz CT molecular complexity index is 545. The van der Waals surface area contributed by atoms with Gasteiger partial charge in [0.25, 0.3) is 0 Å². The van der Waals surface area contributed by atoms with Gasteiger partial charge in [-0.15, -0.1) is 12.4 Å². The molecule has 2 atom stereocenters. The van der Waals surface area contributed by atoms with Crippen LogP contribution in [0.2, 0.25) is 5.02 Å². The lowest BCUT2D eigenvalue weighted by Crippen LogP contribution is -2.37. The van der Waals surface area contributed by atoms with Crippen molar-refractivity contribution >= 4 is 29.9 Å². The maximum atomic E-state index is 13.2. The zero-order valence-electron chi connectivity index (χ0n) is 13.8. The fourth-order valence-electron chi connectivity index (χ4n) is 3.02. The van der Waals surface area contributed by atoms with E-state index in [0.717, 1.165) is 24.8 Å². The topological polar surface area (TPSA) is 55.6 Å². The molecule has 2 rings (SSSR count). The SMILES string of the molecule is COCCN(Cc1ccc(F)cc1Cl)C(=O)C[C@@H]1CCC[C@H]1N.Cl. The Labute approximate surface area is 153 Å². The third-order valence-electron chi connectivity index (χ3n) is 4.45. The second kappa shape index (κ2) is 10.2. The van der Waals surface area contributed by atoms with Crippen LogP contribution in [0.4, 0.5) is 4.39 Å². The summed E-state index contributed by atoms with van der Waals surface area (Å²) in [5.41, 5.74) is 6.79. The van der Waals surface area contributed by atoms with Crippen molar-refractivity contribution in [2.75, 3.05) is 20.3 Å². The van der Waals surface area contributed by atoms with Gasteiger partial charge in [0.2, 0.25) is 5.91 Å². The molecular weight excluding hydrogens is 354 g/mol. The first-order valence-corrected chi connectivity index (χ1v) is 8.35. The van der Waals surface area contributed by atoms with E-state index in [4.69, 9.17) is 22.1 Å². The van der Waals surface area contributed by atoms with Crippen molar-refractivity contribution in [3.8, 4) is 0 Å². The molecule has 0 bridgehead atoms. The molecule has 1 aromatic rings. The zero-order chi connectivity index (χ0) is 16.8. The summed E-state index contributed by atoms with van der Waals surface area (Å²) < 4.78 is 18.2. The molecule has 4 nitrogen and oxygen atoms in total. The first kappa shape index (κ1) is 21.2. The average molecular weight is 379 g/mol. The van der Waals surface area contributed by atoms with Crippen molar-refractivity contribution < 1.29 is 13.9 Å². The zero-order valence-corrected chi connectivity index (χ0v) is 15.4. The molecular formula is C17H25Cl2FN2O2. The summed E-state index contributed by atoms with van der Waals surface area (Å²) in [4.78, 5) is 14.3. The molecule has 0 heterocycles. The van der Waals surface area contributed by atoms with Gasteiger partial charge in [0.05, 0.1) is 6.61 Å². The molecule has 2 N–H and O–H groups in total. The highest BCUT2D eigenvalue weighted by Gasteiger charge is 2.28. The second-order valence-electron chi connectivity index (χ2n) is 6.10. The van der Waals surface area contributed by atoms with Crippen molar-refractivity contribution in [1.82, 2.24) is 4.90 Å². The minimum Gasteiger partial charge on any atom is -0.383 e. The minimum atomic E-state index is -0.384. The van der Waals surface area contributed by atoms with Crippen molar-refractivity contribution in [1.29, 1.82) is 0 Å². The molecule has 24 heavy (non-hydrogen) atoms. The molecule has 0 aliphatic heterocycles. The van der Waals surface area contributed by atoms with Crippen LogP contribution in [0.5, 0.6) is 0 Å². The molecule has 1 aliphatic rings. The lowest BCUT2D eigenvalue weighted by Gasteiger charge is -2.25. The summed E-state index contributed by atoms with van der Waals surface area (Å²) in [7, 11) is 1.60. The van der Waals surface area contributed by atoms with Crippen LogP contribution in [-0.4, -0.2) is 37.1 Å². The average Bonchev–Trinajstić information content (AvgIpc) is 2.90. The van der Waals surface area contributed by atoms with Gasteiger partial charge >= 0.3 is 0 Å². The van der Waals surface area contributed by atoms with Gasteiger partial charge < -0.3 is 15.4 Å². The molecule has 1 amide bonds. The first-order valence-electron chi connectivity index (χ1n) is 7.97. The van der Waals surface area contributed by atoms with E-state index in [1.807, 2.05) is 0 Å². The highest BCUT2D eigenvalue weighted by molar-refractivity contribution is 6.31. The van der Waals surface area contributed by atoms with E-state index in [1.165, 1.54) is 12.1 Å². The maximum absolute atomic E-state index is 13.2. The van der Waals surface area contributed by atoms with Crippen LogP contribution in [0.1, 0.15) is 31.2 Å². The smallest absolute Gasteiger partial charge is 0.223 e. The van der Waals surface area contributed by atoms with Gasteiger partial charge in [0.15, 0.2) is 0 Å².